The van der Waals surface area contributed by atoms with E-state index < -0.39 is 5.60 Å². The summed E-state index contributed by atoms with van der Waals surface area (Å²) in [4.78, 5) is 17.1. The Morgan fingerprint density at radius 2 is 1.37 bits per heavy atom. The van der Waals surface area contributed by atoms with Crippen molar-refractivity contribution in [3.05, 3.63) is 112 Å². The number of nitrogens with zero attached hydrogens (tertiary/aromatic N) is 3. The number of aliphatic hydroxyl groups is 1. The topological polar surface area (TPSA) is 54.8 Å². The molecule has 184 valence electrons. The molecule has 0 aliphatic carbocycles. The summed E-state index contributed by atoms with van der Waals surface area (Å²) in [5.41, 5.74) is 3.36. The first kappa shape index (κ1) is 26.7. The van der Waals surface area contributed by atoms with Crippen LogP contribution in [-0.2, 0) is 12.6 Å². The van der Waals surface area contributed by atoms with Crippen LogP contribution < -0.4 is 39.3 Å². The van der Waals surface area contributed by atoms with Gasteiger partial charge in [-0.2, -0.15) is 0 Å². The number of aromatic nitrogens is 2. The highest BCUT2D eigenvalue weighted by Gasteiger charge is 2.40. The Labute approximate surface area is 224 Å². The van der Waals surface area contributed by atoms with E-state index in [1.165, 1.54) is 4.90 Å². The molecule has 0 fully saturated rings. The van der Waals surface area contributed by atoms with Crippen LogP contribution in [0.5, 0.6) is 0 Å². The largest absolute Gasteiger partial charge is 1.00 e. The third-order valence-corrected chi connectivity index (χ3v) is 6.60. The number of hydrogen-bond donors (Lipinski definition) is 2. The molecule has 0 aliphatic heterocycles. The van der Waals surface area contributed by atoms with Crippen LogP contribution in [0.15, 0.2) is 83.7 Å². The summed E-state index contributed by atoms with van der Waals surface area (Å²) in [7, 11) is 9.91. The first-order valence-electron chi connectivity index (χ1n) is 11.4. The lowest BCUT2D eigenvalue weighted by atomic mass is 9.80. The number of halogens is 1. The van der Waals surface area contributed by atoms with E-state index in [-0.39, 0.29) is 29.5 Å². The molecule has 0 saturated carbocycles. The highest BCUT2D eigenvalue weighted by molar-refractivity contribution is 5.54. The number of para-hydroxylation sites is 1. The summed E-state index contributed by atoms with van der Waals surface area (Å²) in [6, 6.07) is 25.1. The van der Waals surface area contributed by atoms with E-state index in [4.69, 9.17) is 0 Å². The highest BCUT2D eigenvalue weighted by Crippen LogP contribution is 2.38. The predicted molar refractivity (Wildman–Crippen MR) is 138 cm³/mol. The summed E-state index contributed by atoms with van der Waals surface area (Å²) in [5, 5.41) is 12.5. The fraction of sp³-hybridized carbons (Fsp3) is 0.250. The standard InChI is InChI=1S/C28H32N4O2.HI/c1-20-26(27(33)32(31(20)6)25-10-8-7-9-11-25)28(34,21-12-16-23(17-13-21)29(2)3)22-14-18-24(19-15-22)30(4)5;/h7-19,34H,1-6H3;1H. The first-order valence-corrected chi connectivity index (χ1v) is 11.4. The van der Waals surface area contributed by atoms with Crippen LogP contribution >= 0.6 is 0 Å². The van der Waals surface area contributed by atoms with Crippen molar-refractivity contribution in [2.45, 2.75) is 12.5 Å². The van der Waals surface area contributed by atoms with Gasteiger partial charge in [-0.3, -0.25) is 9.48 Å². The summed E-state index contributed by atoms with van der Waals surface area (Å²) >= 11 is 0. The maximum Gasteiger partial charge on any atom is 0.278 e. The molecule has 35 heavy (non-hydrogen) atoms. The van der Waals surface area contributed by atoms with Crippen molar-refractivity contribution >= 4 is 11.4 Å². The third-order valence-electron chi connectivity index (χ3n) is 6.60. The monoisotopic (exact) mass is 584 g/mol. The molecular weight excluding hydrogens is 551 g/mol. The quantitative estimate of drug-likeness (QED) is 0.304. The Balaban J connectivity index is 0.00000342. The lowest BCUT2D eigenvalue weighted by Crippen LogP contribution is -3.00. The van der Waals surface area contributed by atoms with Crippen molar-refractivity contribution in [3.63, 3.8) is 0 Å². The van der Waals surface area contributed by atoms with Gasteiger partial charge < -0.3 is 38.9 Å². The second-order valence-corrected chi connectivity index (χ2v) is 9.17. The molecule has 1 heterocycles. The maximum atomic E-state index is 13.9. The van der Waals surface area contributed by atoms with Gasteiger partial charge in [-0.15, -0.1) is 0 Å². The molecule has 0 bridgehead atoms. The van der Waals surface area contributed by atoms with Gasteiger partial charge in [0.1, 0.15) is 11.3 Å². The second-order valence-electron chi connectivity index (χ2n) is 9.17. The smallest absolute Gasteiger partial charge is 0.278 e. The summed E-state index contributed by atoms with van der Waals surface area (Å²) in [5.74, 6) is 0. The van der Waals surface area contributed by atoms with Crippen molar-refractivity contribution in [2.75, 3.05) is 33.1 Å². The van der Waals surface area contributed by atoms with E-state index in [2.05, 4.69) is 14.1 Å². The van der Waals surface area contributed by atoms with Crippen molar-refractivity contribution in [1.82, 2.24) is 9.36 Å². The number of rotatable bonds is 6. The Kier molecular flexibility index (Phi) is 7.93. The van der Waals surface area contributed by atoms with Crippen LogP contribution in [0.2, 0.25) is 0 Å². The zero-order valence-corrected chi connectivity index (χ0v) is 23.2. The summed E-state index contributed by atoms with van der Waals surface area (Å²) in [6.07, 6.45) is 0. The van der Waals surface area contributed by atoms with E-state index in [9.17, 15) is 9.90 Å². The van der Waals surface area contributed by atoms with Crippen LogP contribution in [0.1, 0.15) is 22.4 Å². The number of anilines is 1. The summed E-state index contributed by atoms with van der Waals surface area (Å²) in [6.45, 7) is 1.88. The van der Waals surface area contributed by atoms with E-state index >= 15 is 0 Å². The second kappa shape index (κ2) is 10.4. The lowest BCUT2D eigenvalue weighted by molar-refractivity contribution is -0.786. The average Bonchev–Trinajstić information content (AvgIpc) is 3.07. The molecule has 3 aromatic carbocycles. The van der Waals surface area contributed by atoms with Gasteiger partial charge in [0.25, 0.3) is 5.56 Å². The molecule has 0 spiro atoms. The Hall–Kier alpha value is -2.88. The zero-order valence-electron chi connectivity index (χ0n) is 21.1. The number of benzene rings is 3. The molecule has 4 aromatic rings. The van der Waals surface area contributed by atoms with Crippen LogP contribution in [0.25, 0.3) is 5.69 Å². The molecule has 0 radical (unpaired) electrons. The summed E-state index contributed by atoms with van der Waals surface area (Å²) < 4.78 is 3.42. The van der Waals surface area contributed by atoms with Gasteiger partial charge in [-0.05, 0) is 66.6 Å². The van der Waals surface area contributed by atoms with Gasteiger partial charge in [-0.1, -0.05) is 30.3 Å². The fourth-order valence-electron chi connectivity index (χ4n) is 4.49. The van der Waals surface area contributed by atoms with Crippen LogP contribution in [0, 0.1) is 6.92 Å². The molecule has 4 rings (SSSR count). The number of nitrogens with one attached hydrogen (secondary N) is 1. The van der Waals surface area contributed by atoms with Gasteiger partial charge in [0, 0.05) is 32.5 Å². The van der Waals surface area contributed by atoms with Gasteiger partial charge in [-0.25, -0.2) is 4.68 Å². The van der Waals surface area contributed by atoms with Crippen molar-refractivity contribution in [2.24, 2.45) is 7.05 Å². The molecule has 0 amide bonds. The van der Waals surface area contributed by atoms with E-state index in [0.29, 0.717) is 22.4 Å². The molecule has 0 aliphatic rings. The van der Waals surface area contributed by atoms with Crippen molar-refractivity contribution in [1.29, 1.82) is 0 Å². The first-order chi connectivity index (χ1) is 16.2. The van der Waals surface area contributed by atoms with Gasteiger partial charge in [0.2, 0.25) is 0 Å². The minimum Gasteiger partial charge on any atom is -1.00 e. The molecule has 6 nitrogen and oxygen atoms in total. The fourth-order valence-corrected chi connectivity index (χ4v) is 4.49. The van der Waals surface area contributed by atoms with Gasteiger partial charge in [0.15, 0.2) is 0 Å². The Morgan fingerprint density at radius 1 is 0.857 bits per heavy atom. The molecule has 7 heteroatoms. The van der Waals surface area contributed by atoms with Crippen molar-refractivity contribution < 1.29 is 34.0 Å². The van der Waals surface area contributed by atoms with E-state index in [1.54, 1.807) is 4.68 Å². The maximum absolute atomic E-state index is 13.9. The lowest BCUT2D eigenvalue weighted by Gasteiger charge is -2.29. The Morgan fingerprint density at radius 3 is 1.86 bits per heavy atom. The average molecular weight is 585 g/mol. The van der Waals surface area contributed by atoms with E-state index in [0.717, 1.165) is 17.1 Å². The molecular formula is C28H33IN4O2. The normalized spacial score (nSPS) is 12.8. The molecule has 1 aromatic heterocycles. The Bertz CT molecular complexity index is 1290. The minimum absolute atomic E-state index is 0. The van der Waals surface area contributed by atoms with Gasteiger partial charge >= 0.3 is 0 Å². The van der Waals surface area contributed by atoms with E-state index in [1.807, 2.05) is 117 Å². The number of hydrogen-bond acceptors (Lipinski definition) is 3. The molecule has 1 unspecified atom stereocenters. The zero-order chi connectivity index (χ0) is 24.6. The predicted octanol–water partition coefficient (Wildman–Crippen LogP) is -0.385. The van der Waals surface area contributed by atoms with Crippen LogP contribution in [-0.4, -0.2) is 42.7 Å². The SMILES string of the molecule is Cc1c(C(O)(c2ccc(N(C)C)cc2)c2ccc([NH+](C)C)cc2)c(=O)n(-c2ccccc2)n1C.[I-]. The van der Waals surface area contributed by atoms with Crippen LogP contribution in [0.3, 0.4) is 0 Å². The van der Waals surface area contributed by atoms with Crippen LogP contribution in [0.4, 0.5) is 11.4 Å². The highest BCUT2D eigenvalue weighted by atomic mass is 127. The molecule has 0 saturated heterocycles. The molecule has 2 N–H and O–H groups in total. The molecule has 1 atom stereocenters. The third kappa shape index (κ3) is 4.68. The van der Waals surface area contributed by atoms with Crippen molar-refractivity contribution in [3.8, 4) is 5.69 Å². The number of quaternary nitrogens is 1. The van der Waals surface area contributed by atoms with Gasteiger partial charge in [0.05, 0.1) is 25.3 Å². The minimum atomic E-state index is -1.62.